The zero-order valence-electron chi connectivity index (χ0n) is 9.19. The van der Waals surface area contributed by atoms with E-state index in [9.17, 15) is 0 Å². The summed E-state index contributed by atoms with van der Waals surface area (Å²) in [6, 6.07) is 7.94. The third-order valence-corrected chi connectivity index (χ3v) is 2.35. The lowest BCUT2D eigenvalue weighted by molar-refractivity contribution is 0.415. The minimum Gasteiger partial charge on any atom is -0.497 e. The van der Waals surface area contributed by atoms with Gasteiger partial charge in [-0.25, -0.2) is 0 Å². The number of benzene rings is 1. The molecule has 2 aromatic rings. The molecule has 0 bridgehead atoms. The fourth-order valence-electron chi connectivity index (χ4n) is 1.66. The molecule has 1 heterocycles. The lowest BCUT2D eigenvalue weighted by Gasteiger charge is -2.02. The zero-order chi connectivity index (χ0) is 10.8. The summed E-state index contributed by atoms with van der Waals surface area (Å²) >= 11 is 0. The van der Waals surface area contributed by atoms with Crippen LogP contribution >= 0.6 is 0 Å². The van der Waals surface area contributed by atoms with E-state index in [-0.39, 0.29) is 0 Å². The van der Waals surface area contributed by atoms with Crippen LogP contribution in [0.4, 0.5) is 0 Å². The highest BCUT2D eigenvalue weighted by Crippen LogP contribution is 2.24. The van der Waals surface area contributed by atoms with E-state index in [0.29, 0.717) is 0 Å². The van der Waals surface area contributed by atoms with E-state index in [4.69, 9.17) is 4.74 Å². The smallest absolute Gasteiger partial charge is 0.119 e. The molecule has 0 spiro atoms. The Labute approximate surface area is 89.3 Å². The quantitative estimate of drug-likeness (QED) is 0.747. The maximum absolute atomic E-state index is 5.19. The first kappa shape index (κ1) is 9.77. The van der Waals surface area contributed by atoms with Crippen LogP contribution in [0.15, 0.2) is 30.5 Å². The van der Waals surface area contributed by atoms with Crippen molar-refractivity contribution >= 4 is 0 Å². The molecule has 0 unspecified atom stereocenters. The standard InChI is InChI=1S/C12H14N2O/c1-9-8-14(2)13-12(9)10-5-4-6-11(7-10)15-3/h4-8H,1-3H3. The van der Waals surface area contributed by atoms with Crippen LogP contribution in [0.25, 0.3) is 11.3 Å². The maximum atomic E-state index is 5.19. The molecule has 0 amide bonds. The van der Waals surface area contributed by atoms with E-state index in [1.54, 1.807) is 7.11 Å². The molecule has 0 aliphatic heterocycles. The molecule has 0 aliphatic rings. The number of hydrogen-bond acceptors (Lipinski definition) is 2. The van der Waals surface area contributed by atoms with Crippen LogP contribution in [-0.4, -0.2) is 16.9 Å². The van der Waals surface area contributed by atoms with Gasteiger partial charge in [0.1, 0.15) is 5.75 Å². The van der Waals surface area contributed by atoms with E-state index in [0.717, 1.165) is 17.0 Å². The average molecular weight is 202 g/mol. The largest absolute Gasteiger partial charge is 0.497 e. The highest BCUT2D eigenvalue weighted by molar-refractivity contribution is 5.64. The fraction of sp³-hybridized carbons (Fsp3) is 0.250. The lowest BCUT2D eigenvalue weighted by atomic mass is 10.1. The summed E-state index contributed by atoms with van der Waals surface area (Å²) in [5.74, 6) is 0.859. The normalized spacial score (nSPS) is 10.3. The van der Waals surface area contributed by atoms with E-state index in [1.807, 2.05) is 42.2 Å². The summed E-state index contributed by atoms with van der Waals surface area (Å²) in [7, 11) is 3.60. The Morgan fingerprint density at radius 3 is 2.73 bits per heavy atom. The summed E-state index contributed by atoms with van der Waals surface area (Å²) in [5, 5.41) is 4.42. The van der Waals surface area contributed by atoms with Crippen molar-refractivity contribution in [3.63, 3.8) is 0 Å². The van der Waals surface area contributed by atoms with Gasteiger partial charge in [0, 0.05) is 18.8 Å². The number of aromatic nitrogens is 2. The third-order valence-electron chi connectivity index (χ3n) is 2.35. The van der Waals surface area contributed by atoms with Gasteiger partial charge in [-0.1, -0.05) is 12.1 Å². The summed E-state index contributed by atoms with van der Waals surface area (Å²) in [4.78, 5) is 0. The number of rotatable bonds is 2. The second-order valence-corrected chi connectivity index (χ2v) is 3.57. The number of hydrogen-bond donors (Lipinski definition) is 0. The molecule has 78 valence electrons. The van der Waals surface area contributed by atoms with Gasteiger partial charge in [0.25, 0.3) is 0 Å². The van der Waals surface area contributed by atoms with Gasteiger partial charge < -0.3 is 4.74 Å². The summed E-state index contributed by atoms with van der Waals surface area (Å²) in [5.41, 5.74) is 3.27. The van der Waals surface area contributed by atoms with Crippen LogP contribution in [0.2, 0.25) is 0 Å². The van der Waals surface area contributed by atoms with Crippen LogP contribution in [0.3, 0.4) is 0 Å². The Balaban J connectivity index is 2.49. The first-order valence-electron chi connectivity index (χ1n) is 4.85. The van der Waals surface area contributed by atoms with Crippen molar-refractivity contribution in [3.8, 4) is 17.0 Å². The van der Waals surface area contributed by atoms with Crippen LogP contribution in [0.1, 0.15) is 5.56 Å². The molecule has 15 heavy (non-hydrogen) atoms. The van der Waals surface area contributed by atoms with Gasteiger partial charge in [-0.2, -0.15) is 5.10 Å². The SMILES string of the molecule is COc1cccc(-c2nn(C)cc2C)c1. The first-order chi connectivity index (χ1) is 7.20. The molecule has 0 fully saturated rings. The fourth-order valence-corrected chi connectivity index (χ4v) is 1.66. The van der Waals surface area contributed by atoms with Crippen molar-refractivity contribution in [1.29, 1.82) is 0 Å². The van der Waals surface area contributed by atoms with Crippen LogP contribution in [-0.2, 0) is 7.05 Å². The molecule has 0 saturated heterocycles. The number of ether oxygens (including phenoxy) is 1. The van der Waals surface area contributed by atoms with Crippen molar-refractivity contribution in [3.05, 3.63) is 36.0 Å². The molecule has 1 aromatic carbocycles. The van der Waals surface area contributed by atoms with Crippen molar-refractivity contribution in [2.45, 2.75) is 6.92 Å². The molecule has 0 aliphatic carbocycles. The molecular weight excluding hydrogens is 188 g/mol. The van der Waals surface area contributed by atoms with Crippen LogP contribution in [0, 0.1) is 6.92 Å². The van der Waals surface area contributed by atoms with Crippen molar-refractivity contribution in [2.24, 2.45) is 7.05 Å². The highest BCUT2D eigenvalue weighted by atomic mass is 16.5. The number of methoxy groups -OCH3 is 1. The van der Waals surface area contributed by atoms with E-state index in [1.165, 1.54) is 5.56 Å². The zero-order valence-corrected chi connectivity index (χ0v) is 9.19. The Morgan fingerprint density at radius 2 is 2.13 bits per heavy atom. The molecule has 3 heteroatoms. The summed E-state index contributed by atoms with van der Waals surface area (Å²) < 4.78 is 7.01. The molecule has 1 aromatic heterocycles. The molecule has 0 saturated carbocycles. The Hall–Kier alpha value is -1.77. The van der Waals surface area contributed by atoms with Gasteiger partial charge in [-0.15, -0.1) is 0 Å². The van der Waals surface area contributed by atoms with E-state index < -0.39 is 0 Å². The predicted molar refractivity (Wildman–Crippen MR) is 59.9 cm³/mol. The third kappa shape index (κ3) is 1.86. The maximum Gasteiger partial charge on any atom is 0.119 e. The second-order valence-electron chi connectivity index (χ2n) is 3.57. The molecular formula is C12H14N2O. The first-order valence-corrected chi connectivity index (χ1v) is 4.85. The van der Waals surface area contributed by atoms with Crippen molar-refractivity contribution in [1.82, 2.24) is 9.78 Å². The van der Waals surface area contributed by atoms with Gasteiger partial charge in [-0.05, 0) is 24.6 Å². The van der Waals surface area contributed by atoms with E-state index >= 15 is 0 Å². The van der Waals surface area contributed by atoms with Gasteiger partial charge in [0.2, 0.25) is 0 Å². The van der Waals surface area contributed by atoms with Crippen LogP contribution in [0.5, 0.6) is 5.75 Å². The molecule has 0 radical (unpaired) electrons. The minimum atomic E-state index is 0.859. The number of aryl methyl sites for hydroxylation is 2. The number of nitrogens with zero attached hydrogens (tertiary/aromatic N) is 2. The minimum absolute atomic E-state index is 0.859. The Morgan fingerprint density at radius 1 is 1.33 bits per heavy atom. The molecule has 0 atom stereocenters. The Kier molecular flexibility index (Phi) is 2.46. The van der Waals surface area contributed by atoms with E-state index in [2.05, 4.69) is 12.0 Å². The van der Waals surface area contributed by atoms with Gasteiger partial charge >= 0.3 is 0 Å². The molecule has 3 nitrogen and oxygen atoms in total. The van der Waals surface area contributed by atoms with Crippen molar-refractivity contribution < 1.29 is 4.74 Å². The predicted octanol–water partition coefficient (Wildman–Crippen LogP) is 2.40. The second kappa shape index (κ2) is 3.77. The van der Waals surface area contributed by atoms with Crippen LogP contribution < -0.4 is 4.74 Å². The topological polar surface area (TPSA) is 27.1 Å². The van der Waals surface area contributed by atoms with Gasteiger partial charge in [0.15, 0.2) is 0 Å². The molecule has 0 N–H and O–H groups in total. The lowest BCUT2D eigenvalue weighted by Crippen LogP contribution is -1.88. The Bertz CT molecular complexity index is 474. The average Bonchev–Trinajstić information content (AvgIpc) is 2.58. The van der Waals surface area contributed by atoms with Gasteiger partial charge in [0.05, 0.1) is 12.8 Å². The molecule has 2 rings (SSSR count). The summed E-state index contributed by atoms with van der Waals surface area (Å²) in [6.07, 6.45) is 2.01. The summed E-state index contributed by atoms with van der Waals surface area (Å²) in [6.45, 7) is 2.06. The van der Waals surface area contributed by atoms with Gasteiger partial charge in [-0.3, -0.25) is 4.68 Å². The highest BCUT2D eigenvalue weighted by Gasteiger charge is 2.06. The van der Waals surface area contributed by atoms with Crippen molar-refractivity contribution in [2.75, 3.05) is 7.11 Å². The monoisotopic (exact) mass is 202 g/mol.